The molecule has 0 aliphatic carbocycles. The number of hydrogen-bond donors (Lipinski definition) is 0. The van der Waals surface area contributed by atoms with E-state index >= 15 is 0 Å². The van der Waals surface area contributed by atoms with Crippen LogP contribution in [0.5, 0.6) is 5.75 Å². The molecule has 2 rings (SSSR count). The predicted molar refractivity (Wildman–Crippen MR) is 53.0 cm³/mol. The smallest absolute Gasteiger partial charge is 0.121 e. The maximum atomic E-state index is 8.68. The van der Waals surface area contributed by atoms with Crippen molar-refractivity contribution in [1.82, 2.24) is 4.98 Å². The van der Waals surface area contributed by atoms with Gasteiger partial charge in [0, 0.05) is 17.6 Å². The van der Waals surface area contributed by atoms with Crippen LogP contribution in [0.25, 0.3) is 10.9 Å². The van der Waals surface area contributed by atoms with Crippen molar-refractivity contribution in [2.24, 2.45) is 0 Å². The molecule has 1 heterocycles. The summed E-state index contributed by atoms with van der Waals surface area (Å²) in [6, 6.07) is 9.45. The number of pyridine rings is 1. The number of ether oxygens (including phenoxy) is 1. The Morgan fingerprint density at radius 3 is 2.93 bits per heavy atom. The zero-order chi connectivity index (χ0) is 9.97. The van der Waals surface area contributed by atoms with E-state index < -0.39 is 0 Å². The van der Waals surface area contributed by atoms with Gasteiger partial charge in [0.2, 0.25) is 0 Å². The molecule has 0 saturated heterocycles. The highest BCUT2D eigenvalue weighted by atomic mass is 16.5. The summed E-state index contributed by atoms with van der Waals surface area (Å²) in [5.74, 6) is 0.773. The third-order valence-corrected chi connectivity index (χ3v) is 2.02. The van der Waals surface area contributed by atoms with E-state index in [4.69, 9.17) is 10.00 Å². The van der Waals surface area contributed by atoms with Gasteiger partial charge in [-0.05, 0) is 18.2 Å². The second-order valence-corrected chi connectivity index (χ2v) is 2.89. The highest BCUT2D eigenvalue weighted by Gasteiger charge is 1.98. The molecular formula is C11H8N2O. The minimum absolute atomic E-state index is 0.572. The number of benzene rings is 1. The lowest BCUT2D eigenvalue weighted by Crippen LogP contribution is -1.85. The van der Waals surface area contributed by atoms with Crippen LogP contribution in [0.15, 0.2) is 30.5 Å². The Hall–Kier alpha value is -2.08. The Kier molecular flexibility index (Phi) is 2.04. The van der Waals surface area contributed by atoms with Gasteiger partial charge in [0.05, 0.1) is 18.2 Å². The van der Waals surface area contributed by atoms with Crippen molar-refractivity contribution in [3.05, 3.63) is 36.0 Å². The van der Waals surface area contributed by atoms with E-state index in [0.717, 1.165) is 16.7 Å². The molecule has 0 aliphatic rings. The first-order chi connectivity index (χ1) is 6.83. The van der Waals surface area contributed by atoms with Crippen LogP contribution in [0.3, 0.4) is 0 Å². The van der Waals surface area contributed by atoms with Crippen molar-refractivity contribution < 1.29 is 4.74 Å². The highest BCUT2D eigenvalue weighted by molar-refractivity contribution is 5.80. The van der Waals surface area contributed by atoms with Crippen LogP contribution in [-0.4, -0.2) is 12.1 Å². The van der Waals surface area contributed by atoms with Crippen LogP contribution in [0, 0.1) is 11.3 Å². The Morgan fingerprint density at radius 1 is 1.36 bits per heavy atom. The Bertz CT molecular complexity index is 514. The van der Waals surface area contributed by atoms with Gasteiger partial charge in [-0.3, -0.25) is 4.98 Å². The second kappa shape index (κ2) is 3.35. The van der Waals surface area contributed by atoms with Crippen molar-refractivity contribution in [2.45, 2.75) is 0 Å². The van der Waals surface area contributed by atoms with Crippen molar-refractivity contribution in [2.75, 3.05) is 7.11 Å². The highest BCUT2D eigenvalue weighted by Crippen LogP contribution is 2.19. The summed E-state index contributed by atoms with van der Waals surface area (Å²) in [4.78, 5) is 4.16. The van der Waals surface area contributed by atoms with Gasteiger partial charge >= 0.3 is 0 Å². The van der Waals surface area contributed by atoms with Crippen LogP contribution >= 0.6 is 0 Å². The first kappa shape index (κ1) is 8.52. The number of hydrogen-bond acceptors (Lipinski definition) is 3. The molecule has 14 heavy (non-hydrogen) atoms. The lowest BCUT2D eigenvalue weighted by molar-refractivity contribution is 0.415. The molecule has 3 nitrogen and oxygen atoms in total. The van der Waals surface area contributed by atoms with Crippen molar-refractivity contribution in [1.29, 1.82) is 5.26 Å². The first-order valence-electron chi connectivity index (χ1n) is 4.17. The van der Waals surface area contributed by atoms with E-state index in [1.54, 1.807) is 13.3 Å². The summed E-state index contributed by atoms with van der Waals surface area (Å²) in [5.41, 5.74) is 1.41. The molecular weight excluding hydrogens is 176 g/mol. The van der Waals surface area contributed by atoms with Gasteiger partial charge in [-0.25, -0.2) is 0 Å². The molecule has 0 radical (unpaired) electrons. The normalized spacial score (nSPS) is 9.71. The molecule has 0 saturated carbocycles. The minimum atomic E-state index is 0.572. The van der Waals surface area contributed by atoms with Gasteiger partial charge in [-0.1, -0.05) is 0 Å². The van der Waals surface area contributed by atoms with Crippen molar-refractivity contribution in [3.8, 4) is 11.8 Å². The largest absolute Gasteiger partial charge is 0.497 e. The summed E-state index contributed by atoms with van der Waals surface area (Å²) >= 11 is 0. The quantitative estimate of drug-likeness (QED) is 0.681. The Labute approximate surface area is 81.6 Å². The SMILES string of the molecule is COc1ccc2cc(C#N)cnc2c1. The second-order valence-electron chi connectivity index (χ2n) is 2.89. The van der Waals surface area contributed by atoms with E-state index in [-0.39, 0.29) is 0 Å². The summed E-state index contributed by atoms with van der Waals surface area (Å²) in [7, 11) is 1.62. The molecule has 0 bridgehead atoms. The molecule has 0 atom stereocenters. The number of nitriles is 1. The molecule has 0 fully saturated rings. The Balaban J connectivity index is 2.64. The summed E-state index contributed by atoms with van der Waals surface area (Å²) < 4.78 is 5.07. The van der Waals surface area contributed by atoms with Crippen LogP contribution in [0.1, 0.15) is 5.56 Å². The summed E-state index contributed by atoms with van der Waals surface area (Å²) in [6.07, 6.45) is 1.56. The third-order valence-electron chi connectivity index (χ3n) is 2.02. The van der Waals surface area contributed by atoms with Gasteiger partial charge in [0.25, 0.3) is 0 Å². The minimum Gasteiger partial charge on any atom is -0.497 e. The molecule has 0 amide bonds. The monoisotopic (exact) mass is 184 g/mol. The molecule has 1 aromatic heterocycles. The molecule has 0 unspecified atom stereocenters. The molecule has 1 aromatic carbocycles. The maximum absolute atomic E-state index is 8.68. The van der Waals surface area contributed by atoms with Crippen LogP contribution in [-0.2, 0) is 0 Å². The van der Waals surface area contributed by atoms with Crippen molar-refractivity contribution in [3.63, 3.8) is 0 Å². The zero-order valence-corrected chi connectivity index (χ0v) is 7.69. The van der Waals surface area contributed by atoms with Gasteiger partial charge in [0.1, 0.15) is 11.8 Å². The molecule has 68 valence electrons. The first-order valence-corrected chi connectivity index (χ1v) is 4.17. The zero-order valence-electron chi connectivity index (χ0n) is 7.69. The molecule has 0 N–H and O–H groups in total. The van der Waals surface area contributed by atoms with Crippen LogP contribution in [0.4, 0.5) is 0 Å². The third kappa shape index (κ3) is 1.38. The number of aromatic nitrogens is 1. The molecule has 0 spiro atoms. The fourth-order valence-corrected chi connectivity index (χ4v) is 1.29. The van der Waals surface area contributed by atoms with Gasteiger partial charge in [-0.2, -0.15) is 5.26 Å². The lowest BCUT2D eigenvalue weighted by Gasteiger charge is -2.01. The van der Waals surface area contributed by atoms with Gasteiger partial charge < -0.3 is 4.74 Å². The maximum Gasteiger partial charge on any atom is 0.121 e. The standard InChI is InChI=1S/C11H8N2O/c1-14-10-3-2-9-4-8(6-12)7-13-11(9)5-10/h2-5,7H,1H3. The predicted octanol–water partition coefficient (Wildman–Crippen LogP) is 2.12. The number of fused-ring (bicyclic) bond motifs is 1. The molecule has 3 heteroatoms. The van der Waals surface area contributed by atoms with Gasteiger partial charge in [0.15, 0.2) is 0 Å². The summed E-state index contributed by atoms with van der Waals surface area (Å²) in [5, 5.41) is 9.63. The van der Waals surface area contributed by atoms with E-state index in [2.05, 4.69) is 11.1 Å². The average Bonchev–Trinajstić information content (AvgIpc) is 2.27. The van der Waals surface area contributed by atoms with Crippen LogP contribution < -0.4 is 4.74 Å². The van der Waals surface area contributed by atoms with E-state index in [9.17, 15) is 0 Å². The van der Waals surface area contributed by atoms with E-state index in [1.165, 1.54) is 0 Å². The van der Waals surface area contributed by atoms with Crippen LogP contribution in [0.2, 0.25) is 0 Å². The number of rotatable bonds is 1. The lowest BCUT2D eigenvalue weighted by atomic mass is 10.2. The van der Waals surface area contributed by atoms with Gasteiger partial charge in [-0.15, -0.1) is 0 Å². The average molecular weight is 184 g/mol. The number of methoxy groups -OCH3 is 1. The summed E-state index contributed by atoms with van der Waals surface area (Å²) in [6.45, 7) is 0. The fraction of sp³-hybridized carbons (Fsp3) is 0.0909. The Morgan fingerprint density at radius 2 is 2.21 bits per heavy atom. The fourth-order valence-electron chi connectivity index (χ4n) is 1.29. The topological polar surface area (TPSA) is 45.9 Å². The van der Waals surface area contributed by atoms with E-state index in [0.29, 0.717) is 5.56 Å². The molecule has 0 aliphatic heterocycles. The number of nitrogens with zero attached hydrogens (tertiary/aromatic N) is 2. The van der Waals surface area contributed by atoms with E-state index in [1.807, 2.05) is 24.3 Å². The molecule has 2 aromatic rings. The van der Waals surface area contributed by atoms with Crippen molar-refractivity contribution >= 4 is 10.9 Å².